The molecule has 156 valence electrons. The fraction of sp³-hybridized carbons (Fsp3) is 0.333. The van der Waals surface area contributed by atoms with Gasteiger partial charge >= 0.3 is 11.7 Å². The molecule has 2 aromatic heterocycles. The van der Waals surface area contributed by atoms with Crippen molar-refractivity contribution in [3.8, 4) is 0 Å². The Morgan fingerprint density at radius 2 is 1.80 bits per heavy atom. The largest absolute Gasteiger partial charge is 0.456 e. The normalized spacial score (nSPS) is 14.1. The van der Waals surface area contributed by atoms with E-state index in [-0.39, 0.29) is 25.5 Å². The van der Waals surface area contributed by atoms with Crippen LogP contribution >= 0.6 is 0 Å². The molecular formula is C21H22N4O5. The second kappa shape index (κ2) is 8.81. The first-order valence-corrected chi connectivity index (χ1v) is 9.79. The lowest BCUT2D eigenvalue weighted by atomic mass is 10.3. The van der Waals surface area contributed by atoms with Crippen LogP contribution in [0.3, 0.4) is 0 Å². The summed E-state index contributed by atoms with van der Waals surface area (Å²) in [6.07, 6.45) is 1.72. The summed E-state index contributed by atoms with van der Waals surface area (Å²) < 4.78 is 11.6. The maximum Gasteiger partial charge on any atom is 0.419 e. The van der Waals surface area contributed by atoms with Crippen LogP contribution in [0.4, 0.5) is 5.82 Å². The van der Waals surface area contributed by atoms with Crippen molar-refractivity contribution < 1.29 is 18.7 Å². The molecule has 1 aliphatic rings. The minimum absolute atomic E-state index is 0.0236. The number of anilines is 1. The van der Waals surface area contributed by atoms with Gasteiger partial charge in [0, 0.05) is 38.9 Å². The molecule has 3 heterocycles. The van der Waals surface area contributed by atoms with Crippen LogP contribution in [0, 0.1) is 0 Å². The quantitative estimate of drug-likeness (QED) is 0.565. The van der Waals surface area contributed by atoms with Crippen molar-refractivity contribution in [3.05, 3.63) is 59.2 Å². The Kier molecular flexibility index (Phi) is 5.78. The third kappa shape index (κ3) is 4.35. The maximum absolute atomic E-state index is 12.4. The zero-order valence-electron chi connectivity index (χ0n) is 16.4. The Labute approximate surface area is 172 Å². The fourth-order valence-corrected chi connectivity index (χ4v) is 3.46. The second-order valence-electron chi connectivity index (χ2n) is 6.95. The molecule has 3 aromatic rings. The molecule has 30 heavy (non-hydrogen) atoms. The van der Waals surface area contributed by atoms with Gasteiger partial charge < -0.3 is 19.0 Å². The van der Waals surface area contributed by atoms with E-state index in [0.29, 0.717) is 37.3 Å². The number of carbonyl (C=O) groups excluding carboxylic acids is 2. The molecule has 1 aromatic carbocycles. The lowest BCUT2D eigenvalue weighted by Gasteiger charge is -2.35. The van der Waals surface area contributed by atoms with Gasteiger partial charge in [-0.2, -0.15) is 0 Å². The van der Waals surface area contributed by atoms with Crippen molar-refractivity contribution in [1.82, 2.24) is 14.5 Å². The van der Waals surface area contributed by atoms with Gasteiger partial charge in [-0.25, -0.2) is 9.78 Å². The number of carbonyl (C=O) groups is 2. The van der Waals surface area contributed by atoms with Gasteiger partial charge in [0.2, 0.25) is 0 Å². The predicted molar refractivity (Wildman–Crippen MR) is 109 cm³/mol. The molecule has 0 radical (unpaired) electrons. The number of fused-ring (bicyclic) bond motifs is 1. The Morgan fingerprint density at radius 3 is 2.57 bits per heavy atom. The van der Waals surface area contributed by atoms with E-state index in [9.17, 15) is 14.4 Å². The van der Waals surface area contributed by atoms with Crippen LogP contribution in [0.5, 0.6) is 0 Å². The van der Waals surface area contributed by atoms with Crippen LogP contribution in [0.1, 0.15) is 6.42 Å². The molecule has 0 bridgehead atoms. The number of piperazine rings is 1. The van der Waals surface area contributed by atoms with E-state index < -0.39 is 11.7 Å². The van der Waals surface area contributed by atoms with E-state index in [4.69, 9.17) is 9.15 Å². The summed E-state index contributed by atoms with van der Waals surface area (Å²) in [7, 11) is 0. The van der Waals surface area contributed by atoms with Crippen molar-refractivity contribution in [3.63, 3.8) is 0 Å². The molecule has 0 atom stereocenters. The molecule has 9 nitrogen and oxygen atoms in total. The van der Waals surface area contributed by atoms with Crippen LogP contribution in [-0.4, -0.2) is 59.1 Å². The van der Waals surface area contributed by atoms with Gasteiger partial charge in [-0.15, -0.1) is 0 Å². The summed E-state index contributed by atoms with van der Waals surface area (Å²) in [5.41, 5.74) is 1.09. The van der Waals surface area contributed by atoms with Gasteiger partial charge in [-0.05, 0) is 24.3 Å². The molecule has 1 fully saturated rings. The molecular weight excluding hydrogens is 388 g/mol. The van der Waals surface area contributed by atoms with Crippen LogP contribution in [0.25, 0.3) is 11.1 Å². The first-order chi connectivity index (χ1) is 14.6. The molecule has 1 saturated heterocycles. The zero-order chi connectivity index (χ0) is 20.9. The molecule has 1 amide bonds. The number of pyridine rings is 1. The average molecular weight is 410 g/mol. The molecule has 0 spiro atoms. The van der Waals surface area contributed by atoms with E-state index in [1.165, 1.54) is 4.57 Å². The number of para-hydroxylation sites is 2. The van der Waals surface area contributed by atoms with Gasteiger partial charge in [0.15, 0.2) is 12.2 Å². The second-order valence-corrected chi connectivity index (χ2v) is 6.95. The third-order valence-electron chi connectivity index (χ3n) is 5.08. The average Bonchev–Trinajstić information content (AvgIpc) is 3.11. The SMILES string of the molecule is O=C(CCn1c(=O)oc2ccccc21)OCC(=O)N1CCN(c2ccccn2)CC1. The number of nitrogens with zero attached hydrogens (tertiary/aromatic N) is 4. The zero-order valence-corrected chi connectivity index (χ0v) is 16.4. The van der Waals surface area contributed by atoms with Crippen LogP contribution < -0.4 is 10.7 Å². The van der Waals surface area contributed by atoms with Gasteiger partial charge in [0.1, 0.15) is 5.82 Å². The van der Waals surface area contributed by atoms with Crippen LogP contribution in [0.2, 0.25) is 0 Å². The van der Waals surface area contributed by atoms with Crippen LogP contribution in [-0.2, 0) is 20.9 Å². The summed E-state index contributed by atoms with van der Waals surface area (Å²) in [5.74, 6) is -0.397. The number of ether oxygens (including phenoxy) is 1. The van der Waals surface area contributed by atoms with Gasteiger partial charge in [0.05, 0.1) is 11.9 Å². The maximum atomic E-state index is 12.4. The van der Waals surface area contributed by atoms with Gasteiger partial charge in [-0.1, -0.05) is 18.2 Å². The molecule has 9 heteroatoms. The number of rotatable bonds is 6. The highest BCUT2D eigenvalue weighted by Gasteiger charge is 2.22. The number of aryl methyl sites for hydroxylation is 1. The lowest BCUT2D eigenvalue weighted by Crippen LogP contribution is -2.50. The number of amides is 1. The summed E-state index contributed by atoms with van der Waals surface area (Å²) in [5, 5.41) is 0. The molecule has 0 unspecified atom stereocenters. The van der Waals surface area contributed by atoms with Crippen molar-refractivity contribution in [2.45, 2.75) is 13.0 Å². The Balaban J connectivity index is 1.23. The molecule has 4 rings (SSSR count). The topological polar surface area (TPSA) is 97.9 Å². The predicted octanol–water partition coefficient (Wildman–Crippen LogP) is 1.27. The minimum atomic E-state index is -0.535. The van der Waals surface area contributed by atoms with Crippen molar-refractivity contribution in [1.29, 1.82) is 0 Å². The molecule has 0 N–H and O–H groups in total. The standard InChI is InChI=1S/C21H22N4O5/c26-19(24-13-11-23(12-14-24)18-7-3-4-9-22-18)15-29-20(27)8-10-25-16-5-1-2-6-17(16)30-21(25)28/h1-7,9H,8,10-15H2. The Bertz CT molecular complexity index is 1080. The first kappa shape index (κ1) is 19.7. The van der Waals surface area contributed by atoms with E-state index in [2.05, 4.69) is 9.88 Å². The summed E-state index contributed by atoms with van der Waals surface area (Å²) in [6.45, 7) is 2.27. The number of hydrogen-bond donors (Lipinski definition) is 0. The Hall–Kier alpha value is -3.62. The number of benzene rings is 1. The summed E-state index contributed by atoms with van der Waals surface area (Å²) >= 11 is 0. The summed E-state index contributed by atoms with van der Waals surface area (Å²) in [6, 6.07) is 12.7. The highest BCUT2D eigenvalue weighted by molar-refractivity contribution is 5.81. The number of esters is 1. The highest BCUT2D eigenvalue weighted by atomic mass is 16.5. The smallest absolute Gasteiger partial charge is 0.419 e. The van der Waals surface area contributed by atoms with E-state index >= 15 is 0 Å². The molecule has 1 aliphatic heterocycles. The number of oxazole rings is 1. The van der Waals surface area contributed by atoms with E-state index in [0.717, 1.165) is 5.82 Å². The number of hydrogen-bond acceptors (Lipinski definition) is 7. The minimum Gasteiger partial charge on any atom is -0.456 e. The summed E-state index contributed by atoms with van der Waals surface area (Å²) in [4.78, 5) is 44.5. The molecule has 0 aliphatic carbocycles. The van der Waals surface area contributed by atoms with Crippen molar-refractivity contribution >= 4 is 28.8 Å². The molecule has 0 saturated carbocycles. The lowest BCUT2D eigenvalue weighted by molar-refractivity contribution is -0.152. The monoisotopic (exact) mass is 410 g/mol. The van der Waals surface area contributed by atoms with Crippen LogP contribution in [0.15, 0.2) is 57.9 Å². The Morgan fingerprint density at radius 1 is 1.03 bits per heavy atom. The van der Waals surface area contributed by atoms with Gasteiger partial charge in [-0.3, -0.25) is 14.2 Å². The van der Waals surface area contributed by atoms with E-state index in [1.807, 2.05) is 18.2 Å². The number of aromatic nitrogens is 2. The van der Waals surface area contributed by atoms with Crippen molar-refractivity contribution in [2.24, 2.45) is 0 Å². The van der Waals surface area contributed by atoms with Crippen molar-refractivity contribution in [2.75, 3.05) is 37.7 Å². The fourth-order valence-electron chi connectivity index (χ4n) is 3.46. The highest BCUT2D eigenvalue weighted by Crippen LogP contribution is 2.13. The first-order valence-electron chi connectivity index (χ1n) is 9.79. The third-order valence-corrected chi connectivity index (χ3v) is 5.08. The van der Waals surface area contributed by atoms with E-state index in [1.54, 1.807) is 35.4 Å². The van der Waals surface area contributed by atoms with Gasteiger partial charge in [0.25, 0.3) is 5.91 Å².